The molecule has 2 heterocycles. The number of aromatic nitrogens is 2. The van der Waals surface area contributed by atoms with Crippen LogP contribution in [0.5, 0.6) is 0 Å². The number of benzene rings is 2. The van der Waals surface area contributed by atoms with E-state index in [0.29, 0.717) is 4.57 Å². The van der Waals surface area contributed by atoms with Gasteiger partial charge >= 0.3 is 17.6 Å². The Morgan fingerprint density at radius 1 is 1.06 bits per heavy atom. The fourth-order valence-electron chi connectivity index (χ4n) is 3.62. The Labute approximate surface area is 201 Å². The molecule has 0 amide bonds. The SMILES string of the molecule is [N-]=[N+]=N[C@]1(COC(=O)c2ccccc2)O[C@@H](n2ccc(=O)[nH]c2=O)[C@H](F)[C@@H]1OC(=O)c1ccccc1. The third-order valence-corrected chi connectivity index (χ3v) is 5.33. The lowest BCUT2D eigenvalue weighted by Gasteiger charge is -2.28. The molecule has 2 aromatic carbocycles. The second-order valence-electron chi connectivity index (χ2n) is 7.64. The number of halogens is 1. The highest BCUT2D eigenvalue weighted by Gasteiger charge is 2.60. The zero-order valence-electron chi connectivity index (χ0n) is 18.4. The van der Waals surface area contributed by atoms with Crippen molar-refractivity contribution in [3.63, 3.8) is 0 Å². The van der Waals surface area contributed by atoms with Crippen LogP contribution in [0.4, 0.5) is 4.39 Å². The summed E-state index contributed by atoms with van der Waals surface area (Å²) in [4.78, 5) is 53.7. The summed E-state index contributed by atoms with van der Waals surface area (Å²) in [5.74, 6) is -1.83. The first-order chi connectivity index (χ1) is 17.3. The molecule has 0 spiro atoms. The molecule has 4 rings (SSSR count). The molecule has 1 N–H and O–H groups in total. The van der Waals surface area contributed by atoms with Gasteiger partial charge < -0.3 is 14.2 Å². The molecule has 12 nitrogen and oxygen atoms in total. The van der Waals surface area contributed by atoms with Gasteiger partial charge in [-0.2, -0.15) is 0 Å². The van der Waals surface area contributed by atoms with Gasteiger partial charge in [0.25, 0.3) is 5.56 Å². The van der Waals surface area contributed by atoms with Crippen molar-refractivity contribution in [3.8, 4) is 0 Å². The zero-order valence-corrected chi connectivity index (χ0v) is 18.4. The molecular weight excluding hydrogens is 477 g/mol. The molecule has 13 heteroatoms. The van der Waals surface area contributed by atoms with Crippen LogP contribution in [-0.4, -0.2) is 46.1 Å². The van der Waals surface area contributed by atoms with E-state index >= 15 is 4.39 Å². The summed E-state index contributed by atoms with van der Waals surface area (Å²) in [5, 5.41) is 3.50. The van der Waals surface area contributed by atoms with Crippen LogP contribution in [0.3, 0.4) is 0 Å². The third-order valence-electron chi connectivity index (χ3n) is 5.33. The van der Waals surface area contributed by atoms with Crippen molar-refractivity contribution in [2.75, 3.05) is 6.61 Å². The molecule has 3 aromatic rings. The van der Waals surface area contributed by atoms with E-state index in [1.165, 1.54) is 24.3 Å². The number of nitrogens with zero attached hydrogens (tertiary/aromatic N) is 4. The second kappa shape index (κ2) is 10.3. The van der Waals surface area contributed by atoms with Crippen LogP contribution in [0.25, 0.3) is 10.4 Å². The van der Waals surface area contributed by atoms with E-state index in [9.17, 15) is 24.7 Å². The molecule has 0 aliphatic carbocycles. The summed E-state index contributed by atoms with van der Waals surface area (Å²) in [6.45, 7) is -0.855. The normalized spacial score (nSPS) is 22.9. The van der Waals surface area contributed by atoms with Crippen molar-refractivity contribution in [1.29, 1.82) is 0 Å². The number of nitrogens with one attached hydrogen (secondary N) is 1. The van der Waals surface area contributed by atoms with Crippen molar-refractivity contribution in [3.05, 3.63) is 115 Å². The maximum Gasteiger partial charge on any atom is 0.338 e. The monoisotopic (exact) mass is 495 g/mol. The Hall–Kier alpha value is -4.74. The van der Waals surface area contributed by atoms with E-state index in [0.717, 1.165) is 12.3 Å². The van der Waals surface area contributed by atoms with E-state index in [1.54, 1.807) is 36.4 Å². The first kappa shape index (κ1) is 24.4. The van der Waals surface area contributed by atoms with Crippen molar-refractivity contribution in [2.24, 2.45) is 5.11 Å². The summed E-state index contributed by atoms with van der Waals surface area (Å²) < 4.78 is 32.7. The predicted molar refractivity (Wildman–Crippen MR) is 121 cm³/mol. The van der Waals surface area contributed by atoms with Gasteiger partial charge in [-0.3, -0.25) is 14.3 Å². The smallest absolute Gasteiger partial charge is 0.338 e. The van der Waals surface area contributed by atoms with E-state index in [1.807, 2.05) is 4.98 Å². The van der Waals surface area contributed by atoms with Crippen LogP contribution in [0.2, 0.25) is 0 Å². The number of rotatable bonds is 7. The van der Waals surface area contributed by atoms with E-state index in [4.69, 9.17) is 14.2 Å². The van der Waals surface area contributed by atoms with Gasteiger partial charge in [-0.1, -0.05) is 41.5 Å². The van der Waals surface area contributed by atoms with Gasteiger partial charge in [-0.05, 0) is 29.8 Å². The average molecular weight is 495 g/mol. The van der Waals surface area contributed by atoms with Crippen molar-refractivity contribution in [2.45, 2.75) is 24.2 Å². The summed E-state index contributed by atoms with van der Waals surface area (Å²) in [5.41, 5.74) is 5.29. The number of carbonyl (C=O) groups excluding carboxylic acids is 2. The second-order valence-corrected chi connectivity index (χ2v) is 7.64. The Bertz CT molecular complexity index is 1420. The molecule has 0 radical (unpaired) electrons. The number of alkyl halides is 1. The van der Waals surface area contributed by atoms with Crippen LogP contribution < -0.4 is 11.2 Å². The average Bonchev–Trinajstić information content (AvgIpc) is 3.15. The number of ether oxygens (including phenoxy) is 3. The highest BCUT2D eigenvalue weighted by atomic mass is 19.1. The number of esters is 2. The molecule has 1 aliphatic heterocycles. The summed E-state index contributed by atoms with van der Waals surface area (Å²) in [6, 6.07) is 16.3. The third kappa shape index (κ3) is 4.87. The molecule has 0 unspecified atom stereocenters. The molecule has 184 valence electrons. The molecule has 1 saturated heterocycles. The van der Waals surface area contributed by atoms with Crippen molar-refractivity contribution >= 4 is 11.9 Å². The Balaban J connectivity index is 1.71. The first-order valence-corrected chi connectivity index (χ1v) is 10.5. The quantitative estimate of drug-likeness (QED) is 0.227. The standard InChI is InChI=1S/C23H18FN5O7/c24-17-18(35-21(32)15-9-5-2-6-10-15)23(27-28-25,13-34-20(31)14-7-3-1-4-8-14)36-19(17)29-12-11-16(30)26-22(29)33/h1-12,17-19H,13H2,(H,26,30,33)/t17-,18+,19-,23-/m1/s1. The fourth-order valence-corrected chi connectivity index (χ4v) is 3.62. The first-order valence-electron chi connectivity index (χ1n) is 10.5. The minimum Gasteiger partial charge on any atom is -0.459 e. The van der Waals surface area contributed by atoms with Crippen molar-refractivity contribution in [1.82, 2.24) is 9.55 Å². The van der Waals surface area contributed by atoms with Crippen LogP contribution in [0, 0.1) is 0 Å². The van der Waals surface area contributed by atoms with Crippen LogP contribution in [-0.2, 0) is 14.2 Å². The van der Waals surface area contributed by atoms with E-state index in [2.05, 4.69) is 10.0 Å². The Morgan fingerprint density at radius 3 is 2.25 bits per heavy atom. The van der Waals surface area contributed by atoms with Gasteiger partial charge in [0.05, 0.1) is 11.1 Å². The Morgan fingerprint density at radius 2 is 1.67 bits per heavy atom. The lowest BCUT2D eigenvalue weighted by atomic mass is 10.1. The fraction of sp³-hybridized carbons (Fsp3) is 0.217. The molecule has 4 atom stereocenters. The van der Waals surface area contributed by atoms with Gasteiger partial charge in [0.15, 0.2) is 18.5 Å². The number of aromatic amines is 1. The van der Waals surface area contributed by atoms with Gasteiger partial charge in [0, 0.05) is 17.2 Å². The van der Waals surface area contributed by atoms with Crippen LogP contribution >= 0.6 is 0 Å². The van der Waals surface area contributed by atoms with Gasteiger partial charge in [-0.15, -0.1) is 0 Å². The van der Waals surface area contributed by atoms with Crippen LogP contribution in [0.15, 0.2) is 87.6 Å². The number of H-pyrrole nitrogens is 1. The highest BCUT2D eigenvalue weighted by Crippen LogP contribution is 2.42. The largest absolute Gasteiger partial charge is 0.459 e. The van der Waals surface area contributed by atoms with Crippen LogP contribution in [0.1, 0.15) is 26.9 Å². The summed E-state index contributed by atoms with van der Waals surface area (Å²) in [7, 11) is 0. The van der Waals surface area contributed by atoms with Gasteiger partial charge in [0.1, 0.15) is 6.61 Å². The summed E-state index contributed by atoms with van der Waals surface area (Å²) >= 11 is 0. The topological polar surface area (TPSA) is 165 Å². The van der Waals surface area contributed by atoms with Crippen molar-refractivity contribution < 1.29 is 28.2 Å². The molecule has 0 bridgehead atoms. The highest BCUT2D eigenvalue weighted by molar-refractivity contribution is 5.90. The predicted octanol–water partition coefficient (Wildman–Crippen LogP) is 2.49. The Kier molecular flexibility index (Phi) is 6.95. The number of hydrogen-bond donors (Lipinski definition) is 1. The zero-order chi connectivity index (χ0) is 25.7. The molecule has 1 fully saturated rings. The van der Waals surface area contributed by atoms with E-state index in [-0.39, 0.29) is 11.1 Å². The maximum atomic E-state index is 15.8. The summed E-state index contributed by atoms with van der Waals surface area (Å²) in [6.07, 6.45) is -5.05. The lowest BCUT2D eigenvalue weighted by molar-refractivity contribution is -0.129. The van der Waals surface area contributed by atoms with Gasteiger partial charge in [-0.25, -0.2) is 18.8 Å². The maximum absolute atomic E-state index is 15.8. The number of hydrogen-bond acceptors (Lipinski definition) is 8. The van der Waals surface area contributed by atoms with E-state index < -0.39 is 54.0 Å². The molecule has 1 aromatic heterocycles. The molecular formula is C23H18FN5O7. The molecule has 0 saturated carbocycles. The minimum atomic E-state index is -2.39. The molecule has 1 aliphatic rings. The minimum absolute atomic E-state index is 0.0606. The number of carbonyl (C=O) groups is 2. The van der Waals surface area contributed by atoms with Gasteiger partial charge in [0.2, 0.25) is 5.72 Å². The molecule has 36 heavy (non-hydrogen) atoms. The number of azide groups is 1. The lowest BCUT2D eigenvalue weighted by Crippen LogP contribution is -2.47.